The lowest BCUT2D eigenvalue weighted by Gasteiger charge is -2.03. The lowest BCUT2D eigenvalue weighted by Crippen LogP contribution is -2.26. The number of fused-ring (bicyclic) bond motifs is 2. The molecule has 0 fully saturated rings. The molecular weight excluding hydrogens is 364 g/mol. The lowest BCUT2D eigenvalue weighted by molar-refractivity contribution is 0.0601. The standard InChI is InChI=1S/C18H18N6O4/c1-27-9-8-22-13-5-4-12(16(25)28-2)10-14(13)23(18(22)26)11-15-20-17-19-6-3-7-24(17)21-15/h3-7,10H,8-9,11H2,1-2H3. The molecule has 0 N–H and O–H groups in total. The van der Waals surface area contributed by atoms with Crippen molar-refractivity contribution < 1.29 is 14.3 Å². The van der Waals surface area contributed by atoms with Crippen molar-refractivity contribution in [1.29, 1.82) is 0 Å². The zero-order valence-corrected chi connectivity index (χ0v) is 15.4. The summed E-state index contributed by atoms with van der Waals surface area (Å²) in [4.78, 5) is 33.5. The Morgan fingerprint density at radius 2 is 2.04 bits per heavy atom. The maximum atomic E-state index is 13.0. The Kier molecular flexibility index (Phi) is 4.62. The van der Waals surface area contributed by atoms with Gasteiger partial charge in [0.2, 0.25) is 0 Å². The quantitative estimate of drug-likeness (QED) is 0.453. The van der Waals surface area contributed by atoms with Gasteiger partial charge < -0.3 is 9.47 Å². The van der Waals surface area contributed by atoms with Crippen LogP contribution in [0.3, 0.4) is 0 Å². The third-order valence-corrected chi connectivity index (χ3v) is 4.42. The topological polar surface area (TPSA) is 106 Å². The predicted octanol–water partition coefficient (Wildman–Crippen LogP) is 0.722. The molecule has 10 nitrogen and oxygen atoms in total. The Labute approximate surface area is 159 Å². The van der Waals surface area contributed by atoms with Crippen LogP contribution >= 0.6 is 0 Å². The molecule has 10 heteroatoms. The molecule has 0 radical (unpaired) electrons. The van der Waals surface area contributed by atoms with Gasteiger partial charge in [0.05, 0.1) is 43.4 Å². The summed E-state index contributed by atoms with van der Waals surface area (Å²) in [5, 5.41) is 4.36. The molecule has 0 spiro atoms. The molecule has 28 heavy (non-hydrogen) atoms. The van der Waals surface area contributed by atoms with Gasteiger partial charge in [-0.3, -0.25) is 9.13 Å². The molecule has 1 aromatic carbocycles. The van der Waals surface area contributed by atoms with Gasteiger partial charge in [0.15, 0.2) is 5.82 Å². The van der Waals surface area contributed by atoms with Crippen LogP contribution < -0.4 is 5.69 Å². The normalized spacial score (nSPS) is 11.4. The summed E-state index contributed by atoms with van der Waals surface area (Å²) in [6.45, 7) is 0.911. The highest BCUT2D eigenvalue weighted by atomic mass is 16.5. The molecule has 0 aliphatic rings. The first-order chi connectivity index (χ1) is 13.6. The van der Waals surface area contributed by atoms with Crippen molar-refractivity contribution in [3.63, 3.8) is 0 Å². The van der Waals surface area contributed by atoms with E-state index in [1.165, 1.54) is 11.7 Å². The minimum absolute atomic E-state index is 0.142. The average molecular weight is 382 g/mol. The van der Waals surface area contributed by atoms with Crippen molar-refractivity contribution >= 4 is 22.8 Å². The Bertz CT molecular complexity index is 1190. The first-order valence-corrected chi connectivity index (χ1v) is 8.59. The number of methoxy groups -OCH3 is 2. The number of hydrogen-bond acceptors (Lipinski definition) is 7. The number of hydrogen-bond donors (Lipinski definition) is 0. The molecule has 0 unspecified atom stereocenters. The van der Waals surface area contributed by atoms with E-state index in [1.807, 2.05) is 0 Å². The maximum absolute atomic E-state index is 13.0. The van der Waals surface area contributed by atoms with Gasteiger partial charge in [0.25, 0.3) is 5.78 Å². The second-order valence-electron chi connectivity index (χ2n) is 6.10. The van der Waals surface area contributed by atoms with Crippen LogP contribution in [0.1, 0.15) is 16.2 Å². The van der Waals surface area contributed by atoms with Crippen LogP contribution in [0.25, 0.3) is 16.8 Å². The smallest absolute Gasteiger partial charge is 0.337 e. The highest BCUT2D eigenvalue weighted by Crippen LogP contribution is 2.17. The number of aromatic nitrogens is 6. The van der Waals surface area contributed by atoms with E-state index in [0.29, 0.717) is 41.4 Å². The Morgan fingerprint density at radius 1 is 1.18 bits per heavy atom. The van der Waals surface area contributed by atoms with Gasteiger partial charge in [-0.1, -0.05) is 0 Å². The minimum atomic E-state index is -0.472. The summed E-state index contributed by atoms with van der Waals surface area (Å²) in [5.74, 6) is 0.416. The molecule has 0 saturated carbocycles. The van der Waals surface area contributed by atoms with Crippen LogP contribution in [0, 0.1) is 0 Å². The van der Waals surface area contributed by atoms with Crippen molar-refractivity contribution in [3.05, 3.63) is 58.5 Å². The molecule has 144 valence electrons. The predicted molar refractivity (Wildman–Crippen MR) is 99.3 cm³/mol. The average Bonchev–Trinajstić information content (AvgIpc) is 3.24. The van der Waals surface area contributed by atoms with Gasteiger partial charge in [-0.05, 0) is 24.3 Å². The summed E-state index contributed by atoms with van der Waals surface area (Å²) in [6.07, 6.45) is 3.36. The number of rotatable bonds is 6. The number of imidazole rings is 1. The van der Waals surface area contributed by atoms with E-state index in [2.05, 4.69) is 15.1 Å². The first kappa shape index (κ1) is 17.9. The molecular formula is C18H18N6O4. The van der Waals surface area contributed by atoms with Crippen molar-refractivity contribution in [1.82, 2.24) is 28.7 Å². The van der Waals surface area contributed by atoms with Crippen molar-refractivity contribution in [2.75, 3.05) is 20.8 Å². The van der Waals surface area contributed by atoms with E-state index < -0.39 is 5.97 Å². The summed E-state index contributed by atoms with van der Waals surface area (Å²) in [6, 6.07) is 6.75. The molecule has 0 aliphatic heterocycles. The number of nitrogens with zero attached hydrogens (tertiary/aromatic N) is 6. The van der Waals surface area contributed by atoms with Crippen LogP contribution in [-0.4, -0.2) is 55.5 Å². The second-order valence-corrected chi connectivity index (χ2v) is 6.10. The second kappa shape index (κ2) is 7.24. The molecule has 0 aliphatic carbocycles. The van der Waals surface area contributed by atoms with E-state index in [0.717, 1.165) is 0 Å². The first-order valence-electron chi connectivity index (χ1n) is 8.59. The number of esters is 1. The zero-order valence-electron chi connectivity index (χ0n) is 15.4. The number of benzene rings is 1. The van der Waals surface area contributed by atoms with E-state index >= 15 is 0 Å². The highest BCUT2D eigenvalue weighted by Gasteiger charge is 2.17. The van der Waals surface area contributed by atoms with Gasteiger partial charge in [0, 0.05) is 19.5 Å². The Hall–Kier alpha value is -3.53. The summed E-state index contributed by atoms with van der Waals surface area (Å²) in [5.41, 5.74) is 1.41. The molecule has 0 atom stereocenters. The van der Waals surface area contributed by atoms with Crippen LogP contribution in [0.2, 0.25) is 0 Å². The van der Waals surface area contributed by atoms with E-state index in [4.69, 9.17) is 9.47 Å². The number of carbonyl (C=O) groups is 1. The summed E-state index contributed by atoms with van der Waals surface area (Å²) in [7, 11) is 2.89. The molecule has 0 amide bonds. The van der Waals surface area contributed by atoms with Gasteiger partial charge in [-0.15, -0.1) is 5.10 Å². The molecule has 0 bridgehead atoms. The molecule has 4 rings (SSSR count). The fourth-order valence-corrected chi connectivity index (χ4v) is 3.10. The van der Waals surface area contributed by atoms with Crippen LogP contribution in [0.5, 0.6) is 0 Å². The molecule has 3 aromatic heterocycles. The van der Waals surface area contributed by atoms with Crippen LogP contribution in [0.4, 0.5) is 0 Å². The van der Waals surface area contributed by atoms with Gasteiger partial charge in [-0.25, -0.2) is 19.1 Å². The minimum Gasteiger partial charge on any atom is -0.465 e. The maximum Gasteiger partial charge on any atom is 0.337 e. The fourth-order valence-electron chi connectivity index (χ4n) is 3.10. The molecule has 0 saturated heterocycles. The highest BCUT2D eigenvalue weighted by molar-refractivity contribution is 5.93. The molecule has 3 heterocycles. The largest absolute Gasteiger partial charge is 0.465 e. The SMILES string of the molecule is COCCn1c(=O)n(Cc2nc3ncccn3n2)c2cc(C(=O)OC)ccc21. The number of ether oxygens (including phenoxy) is 2. The van der Waals surface area contributed by atoms with Crippen molar-refractivity contribution in [2.45, 2.75) is 13.1 Å². The van der Waals surface area contributed by atoms with E-state index in [1.54, 1.807) is 52.9 Å². The summed E-state index contributed by atoms with van der Waals surface area (Å²) >= 11 is 0. The van der Waals surface area contributed by atoms with Gasteiger partial charge in [0.1, 0.15) is 0 Å². The van der Waals surface area contributed by atoms with Crippen molar-refractivity contribution in [3.8, 4) is 0 Å². The van der Waals surface area contributed by atoms with Crippen LogP contribution in [0.15, 0.2) is 41.5 Å². The third-order valence-electron chi connectivity index (χ3n) is 4.42. The third kappa shape index (κ3) is 3.03. The Morgan fingerprint density at radius 3 is 2.79 bits per heavy atom. The van der Waals surface area contributed by atoms with Crippen LogP contribution in [-0.2, 0) is 22.6 Å². The zero-order chi connectivity index (χ0) is 19.7. The molecule has 4 aromatic rings. The lowest BCUT2D eigenvalue weighted by atomic mass is 10.2. The monoisotopic (exact) mass is 382 g/mol. The van der Waals surface area contributed by atoms with E-state index in [-0.39, 0.29) is 12.2 Å². The summed E-state index contributed by atoms with van der Waals surface area (Å²) < 4.78 is 14.6. The fraction of sp³-hybridized carbons (Fsp3) is 0.278. The van der Waals surface area contributed by atoms with Crippen molar-refractivity contribution in [2.24, 2.45) is 0 Å². The van der Waals surface area contributed by atoms with Gasteiger partial charge in [-0.2, -0.15) is 4.98 Å². The van der Waals surface area contributed by atoms with E-state index in [9.17, 15) is 9.59 Å². The Balaban J connectivity index is 1.85. The van der Waals surface area contributed by atoms with Gasteiger partial charge >= 0.3 is 11.7 Å². The number of carbonyl (C=O) groups excluding carboxylic acids is 1.